The van der Waals surface area contributed by atoms with Crippen molar-refractivity contribution in [2.45, 2.75) is 32.1 Å². The molecular weight excluding hydrogens is 216 g/mol. The van der Waals surface area contributed by atoms with E-state index in [4.69, 9.17) is 0 Å². The molecule has 4 heteroatoms. The number of Topliss-reactive ketones (excluding diaryl/α,β-unsaturated/α-hetero) is 1. The van der Waals surface area contributed by atoms with Gasteiger partial charge in [0, 0.05) is 31.8 Å². The molecule has 1 amide bonds. The molecule has 0 radical (unpaired) electrons. The molecule has 0 saturated carbocycles. The molecule has 1 saturated heterocycles. The SMILES string of the molecule is O=C1CCCN(C(=O)CCCc2cc[nH]c2)C1. The Morgan fingerprint density at radius 2 is 2.35 bits per heavy atom. The summed E-state index contributed by atoms with van der Waals surface area (Å²) in [6, 6.07) is 2.02. The molecule has 0 aromatic carbocycles. The van der Waals surface area contributed by atoms with Gasteiger partial charge in [-0.05, 0) is 30.9 Å². The first-order valence-corrected chi connectivity index (χ1v) is 6.17. The molecule has 4 nitrogen and oxygen atoms in total. The van der Waals surface area contributed by atoms with Crippen LogP contribution >= 0.6 is 0 Å². The molecule has 92 valence electrons. The number of H-pyrrole nitrogens is 1. The summed E-state index contributed by atoms with van der Waals surface area (Å²) >= 11 is 0. The Labute approximate surface area is 101 Å². The van der Waals surface area contributed by atoms with E-state index in [9.17, 15) is 9.59 Å². The van der Waals surface area contributed by atoms with Gasteiger partial charge in [0.05, 0.1) is 6.54 Å². The van der Waals surface area contributed by atoms with Gasteiger partial charge in [-0.2, -0.15) is 0 Å². The van der Waals surface area contributed by atoms with Gasteiger partial charge >= 0.3 is 0 Å². The highest BCUT2D eigenvalue weighted by atomic mass is 16.2. The quantitative estimate of drug-likeness (QED) is 0.859. The van der Waals surface area contributed by atoms with E-state index in [-0.39, 0.29) is 11.7 Å². The van der Waals surface area contributed by atoms with Crippen LogP contribution in [0.5, 0.6) is 0 Å². The molecule has 1 aromatic heterocycles. The number of carbonyl (C=O) groups excluding carboxylic acids is 2. The Morgan fingerprint density at radius 1 is 1.47 bits per heavy atom. The van der Waals surface area contributed by atoms with Gasteiger partial charge in [-0.25, -0.2) is 0 Å². The molecule has 0 spiro atoms. The van der Waals surface area contributed by atoms with Crippen molar-refractivity contribution in [2.75, 3.05) is 13.1 Å². The van der Waals surface area contributed by atoms with Gasteiger partial charge in [0.25, 0.3) is 0 Å². The summed E-state index contributed by atoms with van der Waals surface area (Å²) in [6.07, 6.45) is 7.60. The summed E-state index contributed by atoms with van der Waals surface area (Å²) in [5.74, 6) is 0.309. The number of nitrogens with zero attached hydrogens (tertiary/aromatic N) is 1. The van der Waals surface area contributed by atoms with Crippen molar-refractivity contribution in [2.24, 2.45) is 0 Å². The highest BCUT2D eigenvalue weighted by Crippen LogP contribution is 2.10. The number of carbonyl (C=O) groups is 2. The summed E-state index contributed by atoms with van der Waals surface area (Å²) in [5, 5.41) is 0. The fraction of sp³-hybridized carbons (Fsp3) is 0.538. The van der Waals surface area contributed by atoms with Crippen LogP contribution in [0.1, 0.15) is 31.2 Å². The van der Waals surface area contributed by atoms with Crippen LogP contribution in [0, 0.1) is 0 Å². The number of hydrogen-bond acceptors (Lipinski definition) is 2. The highest BCUT2D eigenvalue weighted by molar-refractivity contribution is 5.87. The Kier molecular flexibility index (Phi) is 3.96. The van der Waals surface area contributed by atoms with Crippen LogP contribution in [-0.4, -0.2) is 34.7 Å². The molecule has 1 aliphatic heterocycles. The zero-order valence-electron chi connectivity index (χ0n) is 9.95. The lowest BCUT2D eigenvalue weighted by Gasteiger charge is -2.25. The first kappa shape index (κ1) is 11.9. The highest BCUT2D eigenvalue weighted by Gasteiger charge is 2.20. The van der Waals surface area contributed by atoms with Crippen molar-refractivity contribution < 1.29 is 9.59 Å². The molecule has 17 heavy (non-hydrogen) atoms. The number of aromatic amines is 1. The lowest BCUT2D eigenvalue weighted by molar-refractivity contribution is -0.137. The van der Waals surface area contributed by atoms with Crippen LogP contribution in [0.25, 0.3) is 0 Å². The van der Waals surface area contributed by atoms with Gasteiger partial charge in [-0.15, -0.1) is 0 Å². The summed E-state index contributed by atoms with van der Waals surface area (Å²) in [7, 11) is 0. The molecular formula is C13H18N2O2. The van der Waals surface area contributed by atoms with E-state index >= 15 is 0 Å². The van der Waals surface area contributed by atoms with Crippen molar-refractivity contribution in [3.8, 4) is 0 Å². The van der Waals surface area contributed by atoms with Crippen molar-refractivity contribution in [1.29, 1.82) is 0 Å². The van der Waals surface area contributed by atoms with Crippen LogP contribution < -0.4 is 0 Å². The second-order valence-corrected chi connectivity index (χ2v) is 4.53. The standard InChI is InChI=1S/C13H18N2O2/c16-12-4-2-8-15(10-12)13(17)5-1-3-11-6-7-14-9-11/h6-7,9,14H,1-5,8,10H2. The fourth-order valence-corrected chi connectivity index (χ4v) is 2.17. The predicted octanol–water partition coefficient (Wildman–Crippen LogP) is 1.53. The molecule has 0 bridgehead atoms. The normalized spacial score (nSPS) is 16.2. The van der Waals surface area contributed by atoms with E-state index in [0.29, 0.717) is 19.4 Å². The number of hydrogen-bond donors (Lipinski definition) is 1. The topological polar surface area (TPSA) is 53.2 Å². The second-order valence-electron chi connectivity index (χ2n) is 4.53. The minimum absolute atomic E-state index is 0.119. The third-order valence-corrected chi connectivity index (χ3v) is 3.12. The maximum Gasteiger partial charge on any atom is 0.222 e. The predicted molar refractivity (Wildman–Crippen MR) is 64.6 cm³/mol. The van der Waals surface area contributed by atoms with Crippen LogP contribution in [-0.2, 0) is 16.0 Å². The first-order chi connectivity index (χ1) is 8.25. The number of piperidine rings is 1. The molecule has 1 aromatic rings. The Balaban J connectivity index is 1.71. The number of rotatable bonds is 4. The third kappa shape index (κ3) is 3.44. The van der Waals surface area contributed by atoms with Gasteiger partial charge in [-0.3, -0.25) is 9.59 Å². The van der Waals surface area contributed by atoms with Gasteiger partial charge in [0.2, 0.25) is 5.91 Å². The minimum atomic E-state index is 0.119. The maximum absolute atomic E-state index is 11.8. The van der Waals surface area contributed by atoms with E-state index in [2.05, 4.69) is 4.98 Å². The largest absolute Gasteiger partial charge is 0.367 e. The Morgan fingerprint density at radius 3 is 3.06 bits per heavy atom. The van der Waals surface area contributed by atoms with Crippen LogP contribution in [0.4, 0.5) is 0 Å². The van der Waals surface area contributed by atoms with Crippen LogP contribution in [0.3, 0.4) is 0 Å². The monoisotopic (exact) mass is 234 g/mol. The van der Waals surface area contributed by atoms with Crippen molar-refractivity contribution in [3.63, 3.8) is 0 Å². The van der Waals surface area contributed by atoms with E-state index in [0.717, 1.165) is 25.8 Å². The minimum Gasteiger partial charge on any atom is -0.367 e. The number of nitrogens with one attached hydrogen (secondary N) is 1. The lowest BCUT2D eigenvalue weighted by Crippen LogP contribution is -2.40. The average molecular weight is 234 g/mol. The van der Waals surface area contributed by atoms with E-state index in [1.165, 1.54) is 5.56 Å². The van der Waals surface area contributed by atoms with Crippen molar-refractivity contribution in [1.82, 2.24) is 9.88 Å². The summed E-state index contributed by atoms with van der Waals surface area (Å²) in [4.78, 5) is 27.8. The maximum atomic E-state index is 11.8. The third-order valence-electron chi connectivity index (χ3n) is 3.12. The Hall–Kier alpha value is -1.58. The fourth-order valence-electron chi connectivity index (χ4n) is 2.17. The number of aryl methyl sites for hydroxylation is 1. The molecule has 1 N–H and O–H groups in total. The van der Waals surface area contributed by atoms with Gasteiger partial charge < -0.3 is 9.88 Å². The van der Waals surface area contributed by atoms with Gasteiger partial charge in [0.1, 0.15) is 0 Å². The number of amides is 1. The van der Waals surface area contributed by atoms with Crippen LogP contribution in [0.2, 0.25) is 0 Å². The molecule has 0 aliphatic carbocycles. The van der Waals surface area contributed by atoms with E-state index in [1.54, 1.807) is 4.90 Å². The van der Waals surface area contributed by atoms with E-state index in [1.807, 2.05) is 18.5 Å². The molecule has 0 unspecified atom stereocenters. The molecule has 2 heterocycles. The zero-order valence-corrected chi connectivity index (χ0v) is 9.95. The zero-order chi connectivity index (χ0) is 12.1. The van der Waals surface area contributed by atoms with Gasteiger partial charge in [0.15, 0.2) is 5.78 Å². The number of aromatic nitrogens is 1. The van der Waals surface area contributed by atoms with Crippen molar-refractivity contribution in [3.05, 3.63) is 24.0 Å². The smallest absolute Gasteiger partial charge is 0.222 e. The summed E-state index contributed by atoms with van der Waals surface area (Å²) in [5.41, 5.74) is 1.23. The molecule has 2 rings (SSSR count). The molecule has 0 atom stereocenters. The van der Waals surface area contributed by atoms with Crippen LogP contribution in [0.15, 0.2) is 18.5 Å². The molecule has 1 aliphatic rings. The summed E-state index contributed by atoms with van der Waals surface area (Å²) in [6.45, 7) is 1.07. The van der Waals surface area contributed by atoms with Gasteiger partial charge in [-0.1, -0.05) is 0 Å². The second kappa shape index (κ2) is 5.66. The lowest BCUT2D eigenvalue weighted by atomic mass is 10.1. The Bertz CT molecular complexity index is 384. The van der Waals surface area contributed by atoms with Crippen molar-refractivity contribution >= 4 is 11.7 Å². The number of likely N-dealkylation sites (tertiary alicyclic amines) is 1. The summed E-state index contributed by atoms with van der Waals surface area (Å²) < 4.78 is 0. The molecule has 1 fully saturated rings. The van der Waals surface area contributed by atoms with E-state index < -0.39 is 0 Å². The average Bonchev–Trinajstić information content (AvgIpc) is 2.82. The number of ketones is 1. The first-order valence-electron chi connectivity index (χ1n) is 6.17.